The van der Waals surface area contributed by atoms with Crippen molar-refractivity contribution >= 4 is 11.8 Å². The molecule has 0 aromatic heterocycles. The van der Waals surface area contributed by atoms with E-state index in [1.165, 1.54) is 23.1 Å². The average molecular weight is 393 g/mol. The molecule has 3 atom stereocenters. The van der Waals surface area contributed by atoms with Gasteiger partial charge in [0, 0.05) is 24.9 Å². The number of piperazine rings is 1. The SMILES string of the molecule is CCC1(Cc2ccccc2)C(=O)NC(C(C)c2c(F)cccc2C#N)C(=O)N1C. The second kappa shape index (κ2) is 8.04. The molecule has 1 fully saturated rings. The number of halogens is 1. The number of likely N-dealkylation sites (N-methyl/N-ethyl adjacent to an activating group) is 1. The Hall–Kier alpha value is -3.20. The summed E-state index contributed by atoms with van der Waals surface area (Å²) in [5.74, 6) is -1.80. The highest BCUT2D eigenvalue weighted by molar-refractivity contribution is 6.00. The van der Waals surface area contributed by atoms with E-state index in [-0.39, 0.29) is 22.9 Å². The summed E-state index contributed by atoms with van der Waals surface area (Å²) in [7, 11) is 1.62. The largest absolute Gasteiger partial charge is 0.342 e. The van der Waals surface area contributed by atoms with Crippen molar-refractivity contribution in [3.8, 4) is 6.07 Å². The average Bonchev–Trinajstić information content (AvgIpc) is 2.73. The van der Waals surface area contributed by atoms with Gasteiger partial charge in [0.2, 0.25) is 11.8 Å². The summed E-state index contributed by atoms with van der Waals surface area (Å²) < 4.78 is 14.5. The van der Waals surface area contributed by atoms with Crippen molar-refractivity contribution in [2.45, 2.75) is 44.2 Å². The van der Waals surface area contributed by atoms with Crippen LogP contribution in [0.25, 0.3) is 0 Å². The van der Waals surface area contributed by atoms with E-state index in [0.717, 1.165) is 5.56 Å². The Balaban J connectivity index is 1.95. The summed E-state index contributed by atoms with van der Waals surface area (Å²) in [5, 5.41) is 12.2. The summed E-state index contributed by atoms with van der Waals surface area (Å²) in [4.78, 5) is 28.0. The number of nitriles is 1. The molecule has 6 heteroatoms. The van der Waals surface area contributed by atoms with Crippen LogP contribution in [0.4, 0.5) is 4.39 Å². The zero-order chi connectivity index (χ0) is 21.2. The van der Waals surface area contributed by atoms with Gasteiger partial charge in [-0.15, -0.1) is 0 Å². The summed E-state index contributed by atoms with van der Waals surface area (Å²) in [5.41, 5.74) is 0.256. The van der Waals surface area contributed by atoms with E-state index in [9.17, 15) is 19.2 Å². The molecule has 2 amide bonds. The topological polar surface area (TPSA) is 73.2 Å². The van der Waals surface area contributed by atoms with Crippen LogP contribution in [0, 0.1) is 17.1 Å². The first kappa shape index (κ1) is 20.5. The second-order valence-corrected chi connectivity index (χ2v) is 7.50. The van der Waals surface area contributed by atoms with Crippen molar-refractivity contribution in [2.24, 2.45) is 0 Å². The normalized spacial score (nSPS) is 22.7. The van der Waals surface area contributed by atoms with Crippen molar-refractivity contribution in [3.63, 3.8) is 0 Å². The predicted molar refractivity (Wildman–Crippen MR) is 107 cm³/mol. The Morgan fingerprint density at radius 3 is 2.52 bits per heavy atom. The van der Waals surface area contributed by atoms with E-state index in [0.29, 0.717) is 12.8 Å². The van der Waals surface area contributed by atoms with E-state index in [1.54, 1.807) is 14.0 Å². The second-order valence-electron chi connectivity index (χ2n) is 7.50. The van der Waals surface area contributed by atoms with Crippen LogP contribution in [-0.4, -0.2) is 35.3 Å². The minimum Gasteiger partial charge on any atom is -0.342 e. The Kier molecular flexibility index (Phi) is 5.69. The van der Waals surface area contributed by atoms with E-state index in [4.69, 9.17) is 0 Å². The van der Waals surface area contributed by atoms with Crippen molar-refractivity contribution < 1.29 is 14.0 Å². The van der Waals surface area contributed by atoms with Gasteiger partial charge in [0.15, 0.2) is 0 Å². The molecule has 0 aliphatic carbocycles. The fourth-order valence-electron chi connectivity index (χ4n) is 4.17. The van der Waals surface area contributed by atoms with Gasteiger partial charge in [-0.1, -0.05) is 50.2 Å². The number of nitrogens with one attached hydrogen (secondary N) is 1. The number of rotatable bonds is 5. The lowest BCUT2D eigenvalue weighted by Gasteiger charge is -2.47. The van der Waals surface area contributed by atoms with Gasteiger partial charge in [-0.05, 0) is 24.1 Å². The van der Waals surface area contributed by atoms with Crippen LogP contribution in [-0.2, 0) is 16.0 Å². The summed E-state index contributed by atoms with van der Waals surface area (Å²) in [6, 6.07) is 14.8. The van der Waals surface area contributed by atoms with Crippen LogP contribution in [0.15, 0.2) is 48.5 Å². The maximum absolute atomic E-state index is 14.5. The molecule has 3 unspecified atom stereocenters. The molecule has 1 saturated heterocycles. The standard InChI is InChI=1S/C23H24FN3O2/c1-4-23(13-16-9-6-5-7-10-16)22(29)26-20(21(28)27(23)3)15(2)19-17(14-25)11-8-12-18(19)24/h5-12,15,20H,4,13H2,1-3H3,(H,26,29). The van der Waals surface area contributed by atoms with E-state index in [1.807, 2.05) is 43.3 Å². The number of benzene rings is 2. The highest BCUT2D eigenvalue weighted by Gasteiger charge is 2.51. The van der Waals surface area contributed by atoms with Gasteiger partial charge in [-0.25, -0.2) is 4.39 Å². The summed E-state index contributed by atoms with van der Waals surface area (Å²) in [6.07, 6.45) is 0.836. The third kappa shape index (κ3) is 3.49. The predicted octanol–water partition coefficient (Wildman–Crippen LogP) is 3.15. The van der Waals surface area contributed by atoms with E-state index >= 15 is 0 Å². The van der Waals surface area contributed by atoms with Crippen LogP contribution in [0.3, 0.4) is 0 Å². The molecule has 1 aliphatic heterocycles. The smallest absolute Gasteiger partial charge is 0.246 e. The molecule has 5 nitrogen and oxygen atoms in total. The number of nitrogens with zero attached hydrogens (tertiary/aromatic N) is 2. The molecule has 150 valence electrons. The minimum absolute atomic E-state index is 0.147. The molecule has 2 aromatic carbocycles. The van der Waals surface area contributed by atoms with E-state index in [2.05, 4.69) is 5.32 Å². The summed E-state index contributed by atoms with van der Waals surface area (Å²) >= 11 is 0. The van der Waals surface area contributed by atoms with Crippen molar-refractivity contribution in [2.75, 3.05) is 7.05 Å². The maximum atomic E-state index is 14.5. The van der Waals surface area contributed by atoms with Gasteiger partial charge >= 0.3 is 0 Å². The van der Waals surface area contributed by atoms with Crippen LogP contribution < -0.4 is 5.32 Å². The lowest BCUT2D eigenvalue weighted by atomic mass is 9.80. The number of hydrogen-bond acceptors (Lipinski definition) is 3. The lowest BCUT2D eigenvalue weighted by molar-refractivity contribution is -0.156. The third-order valence-electron chi connectivity index (χ3n) is 6.00. The van der Waals surface area contributed by atoms with Crippen molar-refractivity contribution in [1.29, 1.82) is 5.26 Å². The highest BCUT2D eigenvalue weighted by Crippen LogP contribution is 2.34. The van der Waals surface area contributed by atoms with Gasteiger partial charge in [-0.3, -0.25) is 9.59 Å². The van der Waals surface area contributed by atoms with Crippen LogP contribution >= 0.6 is 0 Å². The Morgan fingerprint density at radius 2 is 1.90 bits per heavy atom. The molecule has 29 heavy (non-hydrogen) atoms. The molecule has 1 heterocycles. The number of hydrogen-bond donors (Lipinski definition) is 1. The fourth-order valence-corrected chi connectivity index (χ4v) is 4.17. The molecule has 2 aromatic rings. The molecule has 0 spiro atoms. The fraction of sp³-hybridized carbons (Fsp3) is 0.348. The molecule has 0 bridgehead atoms. The van der Waals surface area contributed by atoms with E-state index < -0.39 is 23.3 Å². The quantitative estimate of drug-likeness (QED) is 0.848. The van der Waals surface area contributed by atoms with Gasteiger partial charge in [-0.2, -0.15) is 5.26 Å². The first-order valence-electron chi connectivity index (χ1n) is 9.66. The summed E-state index contributed by atoms with van der Waals surface area (Å²) in [6.45, 7) is 3.53. The van der Waals surface area contributed by atoms with Crippen LogP contribution in [0.1, 0.15) is 42.9 Å². The van der Waals surface area contributed by atoms with Gasteiger partial charge in [0.25, 0.3) is 0 Å². The number of carbonyl (C=O) groups excluding carboxylic acids is 2. The Morgan fingerprint density at radius 1 is 1.21 bits per heavy atom. The molecule has 3 rings (SSSR count). The Labute approximate surface area is 170 Å². The Bertz CT molecular complexity index is 970. The monoisotopic (exact) mass is 393 g/mol. The molecular weight excluding hydrogens is 369 g/mol. The third-order valence-corrected chi connectivity index (χ3v) is 6.00. The van der Waals surface area contributed by atoms with Gasteiger partial charge < -0.3 is 10.2 Å². The zero-order valence-electron chi connectivity index (χ0n) is 16.8. The van der Waals surface area contributed by atoms with Gasteiger partial charge in [0.05, 0.1) is 11.6 Å². The molecule has 0 radical (unpaired) electrons. The molecule has 1 N–H and O–H groups in total. The number of carbonyl (C=O) groups is 2. The highest BCUT2D eigenvalue weighted by atomic mass is 19.1. The van der Waals surface area contributed by atoms with Crippen LogP contribution in [0.2, 0.25) is 0 Å². The first-order valence-corrected chi connectivity index (χ1v) is 9.66. The minimum atomic E-state index is -1.01. The zero-order valence-corrected chi connectivity index (χ0v) is 16.8. The first-order chi connectivity index (χ1) is 13.9. The maximum Gasteiger partial charge on any atom is 0.246 e. The van der Waals surface area contributed by atoms with Crippen LogP contribution in [0.5, 0.6) is 0 Å². The lowest BCUT2D eigenvalue weighted by Crippen LogP contribution is -2.71. The molecule has 0 saturated carbocycles. The molecular formula is C23H24FN3O2. The molecule has 1 aliphatic rings. The van der Waals surface area contributed by atoms with Gasteiger partial charge in [0.1, 0.15) is 17.4 Å². The van der Waals surface area contributed by atoms with Crippen molar-refractivity contribution in [3.05, 3.63) is 71.0 Å². The van der Waals surface area contributed by atoms with Crippen molar-refractivity contribution in [1.82, 2.24) is 10.2 Å². The number of amides is 2.